The first-order valence-corrected chi connectivity index (χ1v) is 6.89. The van der Waals surface area contributed by atoms with Crippen LogP contribution in [0, 0.1) is 13.8 Å². The van der Waals surface area contributed by atoms with Crippen LogP contribution in [-0.4, -0.2) is 12.5 Å². The number of carbonyl (C=O) groups excluding carboxylic acids is 1. The SMILES string of the molecule is Cc1cc(OCC(=O)Nc2cccc(N)c2C)ccc1Cl. The molecule has 5 heteroatoms. The summed E-state index contributed by atoms with van der Waals surface area (Å²) in [7, 11) is 0. The van der Waals surface area contributed by atoms with E-state index in [2.05, 4.69) is 5.32 Å². The predicted molar refractivity (Wildman–Crippen MR) is 85.9 cm³/mol. The summed E-state index contributed by atoms with van der Waals surface area (Å²) in [6.45, 7) is 3.66. The van der Waals surface area contributed by atoms with E-state index in [1.54, 1.807) is 36.4 Å². The molecule has 0 heterocycles. The van der Waals surface area contributed by atoms with E-state index in [0.29, 0.717) is 22.1 Å². The van der Waals surface area contributed by atoms with Crippen LogP contribution in [0.25, 0.3) is 0 Å². The Morgan fingerprint density at radius 2 is 2.05 bits per heavy atom. The minimum Gasteiger partial charge on any atom is -0.484 e. The molecule has 3 N–H and O–H groups in total. The van der Waals surface area contributed by atoms with Crippen molar-refractivity contribution in [3.8, 4) is 5.75 Å². The summed E-state index contributed by atoms with van der Waals surface area (Å²) < 4.78 is 5.44. The summed E-state index contributed by atoms with van der Waals surface area (Å²) >= 11 is 5.94. The summed E-state index contributed by atoms with van der Waals surface area (Å²) in [6, 6.07) is 10.7. The van der Waals surface area contributed by atoms with E-state index in [9.17, 15) is 4.79 Å². The van der Waals surface area contributed by atoms with Crippen molar-refractivity contribution in [1.29, 1.82) is 0 Å². The van der Waals surface area contributed by atoms with Crippen molar-refractivity contribution in [2.75, 3.05) is 17.7 Å². The number of amides is 1. The van der Waals surface area contributed by atoms with E-state index in [0.717, 1.165) is 11.1 Å². The molecule has 1 amide bonds. The first-order valence-electron chi connectivity index (χ1n) is 6.51. The highest BCUT2D eigenvalue weighted by molar-refractivity contribution is 6.31. The van der Waals surface area contributed by atoms with E-state index < -0.39 is 0 Å². The summed E-state index contributed by atoms with van der Waals surface area (Å²) in [4.78, 5) is 11.9. The Bertz CT molecular complexity index is 671. The minimum atomic E-state index is -0.240. The van der Waals surface area contributed by atoms with Crippen molar-refractivity contribution in [2.45, 2.75) is 13.8 Å². The van der Waals surface area contributed by atoms with Crippen molar-refractivity contribution in [1.82, 2.24) is 0 Å². The molecule has 21 heavy (non-hydrogen) atoms. The second kappa shape index (κ2) is 6.50. The monoisotopic (exact) mass is 304 g/mol. The van der Waals surface area contributed by atoms with Crippen LogP contribution in [0.1, 0.15) is 11.1 Å². The van der Waals surface area contributed by atoms with Crippen molar-refractivity contribution in [3.63, 3.8) is 0 Å². The van der Waals surface area contributed by atoms with Crippen LogP contribution in [-0.2, 0) is 4.79 Å². The zero-order chi connectivity index (χ0) is 15.4. The number of aryl methyl sites for hydroxylation is 1. The van der Waals surface area contributed by atoms with Crippen LogP contribution in [0.4, 0.5) is 11.4 Å². The maximum absolute atomic E-state index is 11.9. The molecule has 0 bridgehead atoms. The first-order chi connectivity index (χ1) is 9.97. The van der Waals surface area contributed by atoms with Crippen molar-refractivity contribution >= 4 is 28.9 Å². The average Bonchev–Trinajstić information content (AvgIpc) is 2.45. The third-order valence-electron chi connectivity index (χ3n) is 3.15. The third kappa shape index (κ3) is 3.89. The molecule has 2 rings (SSSR count). The van der Waals surface area contributed by atoms with E-state index in [1.165, 1.54) is 0 Å². The molecule has 0 saturated carbocycles. The lowest BCUT2D eigenvalue weighted by Gasteiger charge is -2.11. The van der Waals surface area contributed by atoms with Crippen LogP contribution < -0.4 is 15.8 Å². The third-order valence-corrected chi connectivity index (χ3v) is 3.57. The number of nitrogens with one attached hydrogen (secondary N) is 1. The predicted octanol–water partition coefficient (Wildman–Crippen LogP) is 3.56. The van der Waals surface area contributed by atoms with Gasteiger partial charge in [0.1, 0.15) is 5.75 Å². The average molecular weight is 305 g/mol. The zero-order valence-electron chi connectivity index (χ0n) is 11.9. The van der Waals surface area contributed by atoms with Crippen molar-refractivity contribution in [2.24, 2.45) is 0 Å². The number of benzene rings is 2. The van der Waals surface area contributed by atoms with Gasteiger partial charge in [0.25, 0.3) is 5.91 Å². The van der Waals surface area contributed by atoms with Crippen LogP contribution in [0.15, 0.2) is 36.4 Å². The molecule has 4 nitrogen and oxygen atoms in total. The second-order valence-electron chi connectivity index (χ2n) is 4.77. The molecule has 0 radical (unpaired) electrons. The van der Waals surface area contributed by atoms with E-state index >= 15 is 0 Å². The normalized spacial score (nSPS) is 10.2. The van der Waals surface area contributed by atoms with Crippen LogP contribution in [0.2, 0.25) is 5.02 Å². The highest BCUT2D eigenvalue weighted by atomic mass is 35.5. The summed E-state index contributed by atoms with van der Waals surface area (Å²) in [6.07, 6.45) is 0. The molecule has 110 valence electrons. The number of nitrogens with two attached hydrogens (primary N) is 1. The molecule has 0 atom stereocenters. The lowest BCUT2D eigenvalue weighted by atomic mass is 10.1. The number of rotatable bonds is 4. The molecule has 0 aliphatic rings. The number of hydrogen-bond donors (Lipinski definition) is 2. The van der Waals surface area contributed by atoms with Gasteiger partial charge in [0.05, 0.1) is 0 Å². The maximum Gasteiger partial charge on any atom is 0.262 e. The van der Waals surface area contributed by atoms with Gasteiger partial charge in [-0.2, -0.15) is 0 Å². The second-order valence-corrected chi connectivity index (χ2v) is 5.17. The van der Waals surface area contributed by atoms with Gasteiger partial charge >= 0.3 is 0 Å². The standard InChI is InChI=1S/C16H17ClN2O2/c1-10-8-12(6-7-13(10)17)21-9-16(20)19-15-5-3-4-14(18)11(15)2/h3-8H,9,18H2,1-2H3,(H,19,20). The lowest BCUT2D eigenvalue weighted by Crippen LogP contribution is -2.20. The summed E-state index contributed by atoms with van der Waals surface area (Å²) in [5, 5.41) is 3.45. The van der Waals surface area contributed by atoms with Crippen molar-refractivity contribution < 1.29 is 9.53 Å². The van der Waals surface area contributed by atoms with Gasteiger partial charge in [-0.3, -0.25) is 4.79 Å². The Morgan fingerprint density at radius 3 is 2.76 bits per heavy atom. The molecular formula is C16H17ClN2O2. The number of carbonyl (C=O) groups is 1. The number of nitrogen functional groups attached to an aromatic ring is 1. The maximum atomic E-state index is 11.9. The summed E-state index contributed by atoms with van der Waals surface area (Å²) in [5.74, 6) is 0.368. The molecule has 2 aromatic carbocycles. The largest absolute Gasteiger partial charge is 0.484 e. The van der Waals surface area contributed by atoms with Crippen LogP contribution in [0.5, 0.6) is 5.75 Å². The van der Waals surface area contributed by atoms with Gasteiger partial charge in [-0.1, -0.05) is 17.7 Å². The zero-order valence-corrected chi connectivity index (χ0v) is 12.7. The van der Waals surface area contributed by atoms with Gasteiger partial charge in [-0.15, -0.1) is 0 Å². The molecule has 0 aromatic heterocycles. The highest BCUT2D eigenvalue weighted by Gasteiger charge is 2.07. The van der Waals surface area contributed by atoms with E-state index in [-0.39, 0.29) is 12.5 Å². The molecule has 0 saturated heterocycles. The lowest BCUT2D eigenvalue weighted by molar-refractivity contribution is -0.118. The molecule has 0 fully saturated rings. The molecule has 0 aliphatic heterocycles. The van der Waals surface area contributed by atoms with Gasteiger partial charge in [-0.05, 0) is 55.3 Å². The fourth-order valence-electron chi connectivity index (χ4n) is 1.83. The first kappa shape index (κ1) is 15.2. The molecule has 2 aromatic rings. The van der Waals surface area contributed by atoms with Crippen LogP contribution in [0.3, 0.4) is 0 Å². The van der Waals surface area contributed by atoms with Crippen molar-refractivity contribution in [3.05, 3.63) is 52.5 Å². The van der Waals surface area contributed by atoms with Gasteiger partial charge in [-0.25, -0.2) is 0 Å². The molecule has 0 spiro atoms. The quantitative estimate of drug-likeness (QED) is 0.849. The Morgan fingerprint density at radius 1 is 1.29 bits per heavy atom. The summed E-state index contributed by atoms with van der Waals surface area (Å²) in [5.41, 5.74) is 8.87. The Kier molecular flexibility index (Phi) is 4.70. The Hall–Kier alpha value is -2.20. The molecule has 0 unspecified atom stereocenters. The van der Waals surface area contributed by atoms with Gasteiger partial charge in [0.2, 0.25) is 0 Å². The Balaban J connectivity index is 1.96. The van der Waals surface area contributed by atoms with Crippen LogP contribution >= 0.6 is 11.6 Å². The number of halogens is 1. The van der Waals surface area contributed by atoms with Gasteiger partial charge in [0.15, 0.2) is 6.61 Å². The number of ether oxygens (including phenoxy) is 1. The fourth-order valence-corrected chi connectivity index (χ4v) is 1.95. The smallest absolute Gasteiger partial charge is 0.262 e. The highest BCUT2D eigenvalue weighted by Crippen LogP contribution is 2.22. The van der Waals surface area contributed by atoms with Gasteiger partial charge < -0.3 is 15.8 Å². The number of hydrogen-bond acceptors (Lipinski definition) is 3. The minimum absolute atomic E-state index is 0.0741. The molecular weight excluding hydrogens is 288 g/mol. The van der Waals surface area contributed by atoms with E-state index in [1.807, 2.05) is 13.8 Å². The number of anilines is 2. The topological polar surface area (TPSA) is 64.3 Å². The van der Waals surface area contributed by atoms with Gasteiger partial charge in [0, 0.05) is 16.4 Å². The fraction of sp³-hybridized carbons (Fsp3) is 0.188. The Labute approximate surface area is 128 Å². The molecule has 0 aliphatic carbocycles. The van der Waals surface area contributed by atoms with E-state index in [4.69, 9.17) is 22.1 Å².